The minimum absolute atomic E-state index is 0.0634. The van der Waals surface area contributed by atoms with Crippen LogP contribution in [0, 0.1) is 6.92 Å². The van der Waals surface area contributed by atoms with Crippen LogP contribution in [0.2, 0.25) is 0 Å². The SMILES string of the molecule is CC(=O)Nc1nc2c(C)cc(NC(=O)Cc3ccccc3)cc2s1. The Balaban J connectivity index is 1.79. The molecular formula is C18H17N3O2S. The van der Waals surface area contributed by atoms with E-state index in [4.69, 9.17) is 0 Å². The summed E-state index contributed by atoms with van der Waals surface area (Å²) in [4.78, 5) is 27.8. The van der Waals surface area contributed by atoms with Crippen LogP contribution >= 0.6 is 11.3 Å². The molecule has 1 aromatic heterocycles. The van der Waals surface area contributed by atoms with Gasteiger partial charge < -0.3 is 10.6 Å². The lowest BCUT2D eigenvalue weighted by molar-refractivity contribution is -0.116. The second-order valence-electron chi connectivity index (χ2n) is 5.55. The molecule has 6 heteroatoms. The van der Waals surface area contributed by atoms with Crippen molar-refractivity contribution in [3.05, 3.63) is 53.6 Å². The number of aryl methyl sites for hydroxylation is 1. The highest BCUT2D eigenvalue weighted by molar-refractivity contribution is 7.22. The van der Waals surface area contributed by atoms with Crippen LogP contribution in [-0.2, 0) is 16.0 Å². The van der Waals surface area contributed by atoms with E-state index < -0.39 is 0 Å². The van der Waals surface area contributed by atoms with Gasteiger partial charge in [-0.05, 0) is 30.2 Å². The highest BCUT2D eigenvalue weighted by Gasteiger charge is 2.11. The van der Waals surface area contributed by atoms with Crippen molar-refractivity contribution in [3.63, 3.8) is 0 Å². The zero-order valence-electron chi connectivity index (χ0n) is 13.4. The van der Waals surface area contributed by atoms with Gasteiger partial charge in [0.25, 0.3) is 0 Å². The molecule has 0 saturated carbocycles. The Bertz CT molecular complexity index is 903. The van der Waals surface area contributed by atoms with E-state index in [1.807, 2.05) is 49.4 Å². The monoisotopic (exact) mass is 339 g/mol. The summed E-state index contributed by atoms with van der Waals surface area (Å²) in [5.74, 6) is -0.213. The van der Waals surface area contributed by atoms with E-state index in [1.165, 1.54) is 18.3 Å². The molecule has 1 heterocycles. The fraction of sp³-hybridized carbons (Fsp3) is 0.167. The molecule has 0 aliphatic heterocycles. The number of hydrogen-bond acceptors (Lipinski definition) is 4. The zero-order valence-corrected chi connectivity index (χ0v) is 14.2. The van der Waals surface area contributed by atoms with Crippen LogP contribution in [0.4, 0.5) is 10.8 Å². The summed E-state index contributed by atoms with van der Waals surface area (Å²) in [6.45, 7) is 3.39. The van der Waals surface area contributed by atoms with Crippen molar-refractivity contribution >= 4 is 44.2 Å². The molecule has 0 aliphatic carbocycles. The third kappa shape index (κ3) is 3.78. The second-order valence-corrected chi connectivity index (χ2v) is 6.58. The Morgan fingerprint density at radius 2 is 1.88 bits per heavy atom. The largest absolute Gasteiger partial charge is 0.326 e. The topological polar surface area (TPSA) is 71.1 Å². The van der Waals surface area contributed by atoms with Gasteiger partial charge in [-0.15, -0.1) is 0 Å². The summed E-state index contributed by atoms with van der Waals surface area (Å²) in [7, 11) is 0. The molecule has 0 fully saturated rings. The number of thiazole rings is 1. The molecule has 2 aromatic carbocycles. The number of carbonyl (C=O) groups is 2. The lowest BCUT2D eigenvalue weighted by Crippen LogP contribution is -2.14. The van der Waals surface area contributed by atoms with Gasteiger partial charge in [-0.1, -0.05) is 41.7 Å². The van der Waals surface area contributed by atoms with Gasteiger partial charge in [-0.25, -0.2) is 4.98 Å². The molecule has 5 nitrogen and oxygen atoms in total. The molecule has 122 valence electrons. The fourth-order valence-electron chi connectivity index (χ4n) is 2.46. The highest BCUT2D eigenvalue weighted by Crippen LogP contribution is 2.31. The van der Waals surface area contributed by atoms with Gasteiger partial charge in [0.05, 0.1) is 16.6 Å². The Labute approximate surface area is 143 Å². The first kappa shape index (κ1) is 16.1. The minimum atomic E-state index is -0.150. The van der Waals surface area contributed by atoms with Crippen molar-refractivity contribution in [2.45, 2.75) is 20.3 Å². The number of hydrogen-bond donors (Lipinski definition) is 2. The van der Waals surface area contributed by atoms with Crippen LogP contribution in [0.25, 0.3) is 10.2 Å². The molecule has 0 spiro atoms. The van der Waals surface area contributed by atoms with Crippen LogP contribution in [0.1, 0.15) is 18.1 Å². The predicted molar refractivity (Wildman–Crippen MR) is 97.4 cm³/mol. The Hall–Kier alpha value is -2.73. The Morgan fingerprint density at radius 1 is 1.12 bits per heavy atom. The first-order chi connectivity index (χ1) is 11.5. The number of anilines is 2. The van der Waals surface area contributed by atoms with Crippen molar-refractivity contribution in [2.75, 3.05) is 10.6 Å². The molecule has 0 unspecified atom stereocenters. The molecule has 0 radical (unpaired) electrons. The van der Waals surface area contributed by atoms with Gasteiger partial charge in [0, 0.05) is 12.6 Å². The third-order valence-corrected chi connectivity index (χ3v) is 4.38. The number of nitrogens with one attached hydrogen (secondary N) is 2. The van der Waals surface area contributed by atoms with E-state index in [9.17, 15) is 9.59 Å². The van der Waals surface area contributed by atoms with E-state index in [2.05, 4.69) is 15.6 Å². The summed E-state index contributed by atoms with van der Waals surface area (Å²) in [6.07, 6.45) is 0.331. The van der Waals surface area contributed by atoms with Crippen LogP contribution in [0.15, 0.2) is 42.5 Å². The summed E-state index contributed by atoms with van der Waals surface area (Å²) in [5, 5.41) is 6.18. The molecule has 0 atom stereocenters. The quantitative estimate of drug-likeness (QED) is 0.760. The number of aromatic nitrogens is 1. The average Bonchev–Trinajstić information content (AvgIpc) is 2.90. The molecule has 3 aromatic rings. The lowest BCUT2D eigenvalue weighted by Gasteiger charge is -2.07. The molecule has 2 amide bonds. The Morgan fingerprint density at radius 3 is 2.58 bits per heavy atom. The normalized spacial score (nSPS) is 10.6. The third-order valence-electron chi connectivity index (χ3n) is 3.46. The predicted octanol–water partition coefficient (Wildman–Crippen LogP) is 3.74. The van der Waals surface area contributed by atoms with Crippen molar-refractivity contribution in [1.29, 1.82) is 0 Å². The van der Waals surface area contributed by atoms with E-state index in [-0.39, 0.29) is 11.8 Å². The smallest absolute Gasteiger partial charge is 0.228 e. The summed E-state index contributed by atoms with van der Waals surface area (Å²) in [5.41, 5.74) is 3.50. The van der Waals surface area contributed by atoms with E-state index >= 15 is 0 Å². The number of amides is 2. The van der Waals surface area contributed by atoms with Gasteiger partial charge in [0.2, 0.25) is 11.8 Å². The number of rotatable bonds is 4. The number of fused-ring (bicyclic) bond motifs is 1. The van der Waals surface area contributed by atoms with E-state index in [0.717, 1.165) is 27.0 Å². The molecule has 0 bridgehead atoms. The van der Waals surface area contributed by atoms with E-state index in [0.29, 0.717) is 11.6 Å². The molecular weight excluding hydrogens is 322 g/mol. The maximum absolute atomic E-state index is 12.2. The molecule has 24 heavy (non-hydrogen) atoms. The maximum atomic E-state index is 12.2. The molecule has 3 rings (SSSR count). The fourth-order valence-corrected chi connectivity index (χ4v) is 3.49. The van der Waals surface area contributed by atoms with E-state index in [1.54, 1.807) is 0 Å². The minimum Gasteiger partial charge on any atom is -0.326 e. The molecule has 0 saturated heterocycles. The van der Waals surface area contributed by atoms with Gasteiger partial charge in [0.15, 0.2) is 5.13 Å². The number of carbonyl (C=O) groups excluding carboxylic acids is 2. The van der Waals surface area contributed by atoms with Gasteiger partial charge in [0.1, 0.15) is 0 Å². The standard InChI is InChI=1S/C18H17N3O2S/c1-11-8-14(20-16(23)9-13-6-4-3-5-7-13)10-15-17(11)21-18(24-15)19-12(2)22/h3-8,10H,9H2,1-2H3,(H,20,23)(H,19,21,22). The van der Waals surface area contributed by atoms with Crippen LogP contribution in [0.5, 0.6) is 0 Å². The van der Waals surface area contributed by atoms with Crippen LogP contribution in [-0.4, -0.2) is 16.8 Å². The van der Waals surface area contributed by atoms with Crippen molar-refractivity contribution in [3.8, 4) is 0 Å². The van der Waals surface area contributed by atoms with Crippen molar-refractivity contribution in [1.82, 2.24) is 4.98 Å². The first-order valence-electron chi connectivity index (χ1n) is 7.54. The summed E-state index contributed by atoms with van der Waals surface area (Å²) in [6, 6.07) is 13.4. The highest BCUT2D eigenvalue weighted by atomic mass is 32.1. The first-order valence-corrected chi connectivity index (χ1v) is 8.35. The Kier molecular flexibility index (Phi) is 4.57. The summed E-state index contributed by atoms with van der Waals surface area (Å²) >= 11 is 1.39. The summed E-state index contributed by atoms with van der Waals surface area (Å²) < 4.78 is 0.925. The number of nitrogens with zero attached hydrogens (tertiary/aromatic N) is 1. The number of benzene rings is 2. The van der Waals surface area contributed by atoms with Crippen molar-refractivity contribution in [2.24, 2.45) is 0 Å². The van der Waals surface area contributed by atoms with Crippen LogP contribution in [0.3, 0.4) is 0 Å². The average molecular weight is 339 g/mol. The molecule has 0 aliphatic rings. The molecule has 2 N–H and O–H groups in total. The van der Waals surface area contributed by atoms with Gasteiger partial charge in [-0.3, -0.25) is 9.59 Å². The van der Waals surface area contributed by atoms with Gasteiger partial charge in [-0.2, -0.15) is 0 Å². The van der Waals surface area contributed by atoms with Crippen molar-refractivity contribution < 1.29 is 9.59 Å². The zero-order chi connectivity index (χ0) is 17.1. The van der Waals surface area contributed by atoms with Crippen LogP contribution < -0.4 is 10.6 Å². The van der Waals surface area contributed by atoms with Gasteiger partial charge >= 0.3 is 0 Å². The lowest BCUT2D eigenvalue weighted by atomic mass is 10.1. The maximum Gasteiger partial charge on any atom is 0.228 e. The second kappa shape index (κ2) is 6.80.